The molecule has 0 fully saturated rings. The number of pyridine rings is 1. The van der Waals surface area contributed by atoms with Gasteiger partial charge in [0, 0.05) is 25.1 Å². The van der Waals surface area contributed by atoms with Crippen LogP contribution in [0.15, 0.2) is 67.1 Å². The van der Waals surface area contributed by atoms with Crippen molar-refractivity contribution in [3.63, 3.8) is 0 Å². The number of benzene rings is 1. The molecule has 0 aliphatic rings. The average Bonchev–Trinajstić information content (AvgIpc) is 3.17. The summed E-state index contributed by atoms with van der Waals surface area (Å²) in [5.74, 6) is -1.57. The lowest BCUT2D eigenvalue weighted by Gasteiger charge is -2.14. The Morgan fingerprint density at radius 3 is 2.52 bits per heavy atom. The van der Waals surface area contributed by atoms with Crippen LogP contribution in [0, 0.1) is 0 Å². The molecule has 0 radical (unpaired) electrons. The molecule has 0 spiro atoms. The van der Waals surface area contributed by atoms with Crippen molar-refractivity contribution in [3.05, 3.63) is 78.2 Å². The number of hydrogen-bond donors (Lipinski definition) is 2. The summed E-state index contributed by atoms with van der Waals surface area (Å²) in [5.41, 5.74) is 0.996. The van der Waals surface area contributed by atoms with Gasteiger partial charge in [-0.25, -0.2) is 9.67 Å². The lowest BCUT2D eigenvalue weighted by molar-refractivity contribution is -0.138. The summed E-state index contributed by atoms with van der Waals surface area (Å²) in [7, 11) is 0. The van der Waals surface area contributed by atoms with Crippen LogP contribution in [0.25, 0.3) is 5.82 Å². The minimum Gasteiger partial charge on any atom is -0.481 e. The zero-order valence-electron chi connectivity index (χ0n) is 13.2. The average molecular weight is 336 g/mol. The van der Waals surface area contributed by atoms with Gasteiger partial charge in [0.25, 0.3) is 5.91 Å². The van der Waals surface area contributed by atoms with Crippen molar-refractivity contribution < 1.29 is 14.7 Å². The first-order chi connectivity index (χ1) is 12.1. The molecule has 2 aromatic heterocycles. The molecule has 0 bridgehead atoms. The molecule has 25 heavy (non-hydrogen) atoms. The number of rotatable bonds is 6. The van der Waals surface area contributed by atoms with Crippen LogP contribution in [0.1, 0.15) is 21.8 Å². The standard InChI is InChI=1S/C18H16N4O3/c23-17(14-7-8-16(19-11-14)22-10-4-9-21-22)20-12-15(18(24)25)13-5-2-1-3-6-13/h1-11,15H,12H2,(H,20,23)(H,24,25). The molecule has 1 amide bonds. The van der Waals surface area contributed by atoms with Crippen LogP contribution < -0.4 is 5.32 Å². The molecule has 7 heteroatoms. The highest BCUT2D eigenvalue weighted by molar-refractivity contribution is 5.94. The number of carbonyl (C=O) groups is 2. The molecule has 7 nitrogen and oxygen atoms in total. The van der Waals surface area contributed by atoms with E-state index >= 15 is 0 Å². The molecule has 0 aliphatic carbocycles. The summed E-state index contributed by atoms with van der Waals surface area (Å²) in [6, 6.07) is 13.9. The van der Waals surface area contributed by atoms with Crippen molar-refractivity contribution in [1.82, 2.24) is 20.1 Å². The Morgan fingerprint density at radius 1 is 1.12 bits per heavy atom. The molecule has 3 rings (SSSR count). The third kappa shape index (κ3) is 3.89. The number of hydrogen-bond acceptors (Lipinski definition) is 4. The van der Waals surface area contributed by atoms with Crippen molar-refractivity contribution in [2.75, 3.05) is 6.54 Å². The van der Waals surface area contributed by atoms with E-state index < -0.39 is 11.9 Å². The maximum Gasteiger partial charge on any atom is 0.312 e. The number of nitrogens with zero attached hydrogens (tertiary/aromatic N) is 3. The first-order valence-electron chi connectivity index (χ1n) is 7.67. The van der Waals surface area contributed by atoms with Gasteiger partial charge in [-0.2, -0.15) is 5.10 Å². The van der Waals surface area contributed by atoms with E-state index in [0.717, 1.165) is 0 Å². The van der Waals surface area contributed by atoms with E-state index in [9.17, 15) is 14.7 Å². The highest BCUT2D eigenvalue weighted by atomic mass is 16.4. The highest BCUT2D eigenvalue weighted by Crippen LogP contribution is 2.15. The summed E-state index contributed by atoms with van der Waals surface area (Å²) in [6.45, 7) is -0.000905. The summed E-state index contributed by atoms with van der Waals surface area (Å²) in [6.07, 6.45) is 4.82. The Labute approximate surface area is 143 Å². The lowest BCUT2D eigenvalue weighted by atomic mass is 9.99. The molecule has 1 aromatic carbocycles. The second-order valence-corrected chi connectivity index (χ2v) is 5.37. The van der Waals surface area contributed by atoms with E-state index in [1.807, 2.05) is 6.07 Å². The molecular weight excluding hydrogens is 320 g/mol. The van der Waals surface area contributed by atoms with E-state index in [4.69, 9.17) is 0 Å². The number of carbonyl (C=O) groups excluding carboxylic acids is 1. The third-order valence-electron chi connectivity index (χ3n) is 3.72. The minimum atomic E-state index is -0.987. The fraction of sp³-hybridized carbons (Fsp3) is 0.111. The fourth-order valence-electron chi connectivity index (χ4n) is 2.39. The molecule has 0 saturated carbocycles. The quantitative estimate of drug-likeness (QED) is 0.716. The summed E-state index contributed by atoms with van der Waals surface area (Å²) >= 11 is 0. The number of amides is 1. The smallest absolute Gasteiger partial charge is 0.312 e. The fourth-order valence-corrected chi connectivity index (χ4v) is 2.39. The summed E-state index contributed by atoms with van der Waals surface area (Å²) in [4.78, 5) is 27.9. The topological polar surface area (TPSA) is 97.1 Å². The number of nitrogens with one attached hydrogen (secondary N) is 1. The van der Waals surface area contributed by atoms with Crippen LogP contribution >= 0.6 is 0 Å². The predicted octanol–water partition coefficient (Wildman–Crippen LogP) is 1.87. The van der Waals surface area contributed by atoms with E-state index in [-0.39, 0.29) is 12.5 Å². The van der Waals surface area contributed by atoms with Gasteiger partial charge in [-0.3, -0.25) is 9.59 Å². The van der Waals surface area contributed by atoms with Crippen molar-refractivity contribution in [1.29, 1.82) is 0 Å². The van der Waals surface area contributed by atoms with E-state index in [1.165, 1.54) is 6.20 Å². The predicted molar refractivity (Wildman–Crippen MR) is 90.5 cm³/mol. The van der Waals surface area contributed by atoms with Crippen LogP contribution in [-0.2, 0) is 4.79 Å². The Balaban J connectivity index is 1.66. The van der Waals surface area contributed by atoms with Gasteiger partial charge in [-0.1, -0.05) is 30.3 Å². The Bertz CT molecular complexity index is 846. The Morgan fingerprint density at radius 2 is 1.92 bits per heavy atom. The highest BCUT2D eigenvalue weighted by Gasteiger charge is 2.20. The maximum absolute atomic E-state index is 12.2. The van der Waals surface area contributed by atoms with Crippen LogP contribution in [0.4, 0.5) is 0 Å². The van der Waals surface area contributed by atoms with Crippen molar-refractivity contribution >= 4 is 11.9 Å². The van der Waals surface area contributed by atoms with Crippen molar-refractivity contribution in [2.24, 2.45) is 0 Å². The molecular formula is C18H16N4O3. The van der Waals surface area contributed by atoms with E-state index in [0.29, 0.717) is 16.9 Å². The normalized spacial score (nSPS) is 11.7. The van der Waals surface area contributed by atoms with Gasteiger partial charge in [0.1, 0.15) is 0 Å². The number of carboxylic acids is 1. The molecule has 1 atom stereocenters. The molecule has 2 N–H and O–H groups in total. The summed E-state index contributed by atoms with van der Waals surface area (Å²) < 4.78 is 1.58. The number of aliphatic carboxylic acids is 1. The van der Waals surface area contributed by atoms with Crippen LogP contribution in [0.3, 0.4) is 0 Å². The SMILES string of the molecule is O=C(NCC(C(=O)O)c1ccccc1)c1ccc(-n2cccn2)nc1. The lowest BCUT2D eigenvalue weighted by Crippen LogP contribution is -2.31. The molecule has 126 valence electrons. The van der Waals surface area contributed by atoms with Gasteiger partial charge in [-0.15, -0.1) is 0 Å². The zero-order chi connectivity index (χ0) is 17.6. The van der Waals surface area contributed by atoms with Gasteiger partial charge in [-0.05, 0) is 23.8 Å². The van der Waals surface area contributed by atoms with Gasteiger partial charge >= 0.3 is 5.97 Å². The van der Waals surface area contributed by atoms with Gasteiger partial charge in [0.05, 0.1) is 11.5 Å². The third-order valence-corrected chi connectivity index (χ3v) is 3.72. The molecule has 0 aliphatic heterocycles. The van der Waals surface area contributed by atoms with Crippen LogP contribution in [0.2, 0.25) is 0 Å². The zero-order valence-corrected chi connectivity index (χ0v) is 13.2. The first-order valence-corrected chi connectivity index (χ1v) is 7.67. The largest absolute Gasteiger partial charge is 0.481 e. The van der Waals surface area contributed by atoms with E-state index in [1.54, 1.807) is 59.5 Å². The van der Waals surface area contributed by atoms with Gasteiger partial charge < -0.3 is 10.4 Å². The van der Waals surface area contributed by atoms with E-state index in [2.05, 4.69) is 15.4 Å². The monoisotopic (exact) mass is 336 g/mol. The maximum atomic E-state index is 12.2. The second-order valence-electron chi connectivity index (χ2n) is 5.37. The molecule has 3 aromatic rings. The van der Waals surface area contributed by atoms with Crippen molar-refractivity contribution in [3.8, 4) is 5.82 Å². The van der Waals surface area contributed by atoms with Crippen LogP contribution in [0.5, 0.6) is 0 Å². The van der Waals surface area contributed by atoms with Gasteiger partial charge in [0.2, 0.25) is 0 Å². The molecule has 2 heterocycles. The first kappa shape index (κ1) is 16.4. The Hall–Kier alpha value is -3.48. The van der Waals surface area contributed by atoms with Crippen molar-refractivity contribution in [2.45, 2.75) is 5.92 Å². The molecule has 0 saturated heterocycles. The molecule has 1 unspecified atom stereocenters. The van der Waals surface area contributed by atoms with Crippen LogP contribution in [-0.4, -0.2) is 38.3 Å². The number of aromatic nitrogens is 3. The second kappa shape index (κ2) is 7.39. The van der Waals surface area contributed by atoms with Gasteiger partial charge in [0.15, 0.2) is 5.82 Å². The summed E-state index contributed by atoms with van der Waals surface area (Å²) in [5, 5.41) is 16.1. The Kier molecular flexibility index (Phi) is 4.84. The minimum absolute atomic E-state index is 0.000905. The number of carboxylic acid groups (broad SMARTS) is 1.